The molecule has 1 amide bonds. The van der Waals surface area contributed by atoms with Crippen molar-refractivity contribution in [3.63, 3.8) is 0 Å². The van der Waals surface area contributed by atoms with Crippen LogP contribution in [0.2, 0.25) is 0 Å². The molecule has 13 heavy (non-hydrogen) atoms. The molecule has 0 saturated carbocycles. The highest BCUT2D eigenvalue weighted by atomic mass is 32.1. The number of carbonyl (C=O) groups excluding carboxylic acids is 1. The molecule has 2 rings (SSSR count). The Morgan fingerprint density at radius 1 is 1.69 bits per heavy atom. The molecular weight excluding hydrogens is 188 g/mol. The van der Waals surface area contributed by atoms with Crippen LogP contribution in [-0.4, -0.2) is 23.9 Å². The van der Waals surface area contributed by atoms with E-state index in [0.29, 0.717) is 5.96 Å². The minimum atomic E-state index is -0.384. The normalized spacial score (nSPS) is 24.5. The topological polar surface area (TPSA) is 66.4 Å². The number of aromatic nitrogens is 1. The van der Waals surface area contributed by atoms with Crippen molar-refractivity contribution in [1.29, 1.82) is 0 Å². The van der Waals surface area contributed by atoms with E-state index in [0.717, 1.165) is 5.69 Å². The maximum atomic E-state index is 11.4. The second-order valence-corrected chi connectivity index (χ2v) is 3.27. The van der Waals surface area contributed by atoms with Crippen molar-refractivity contribution < 1.29 is 4.79 Å². The highest BCUT2D eigenvalue weighted by Gasteiger charge is 2.30. The van der Waals surface area contributed by atoms with E-state index in [9.17, 15) is 4.79 Å². The predicted octanol–water partition coefficient (Wildman–Crippen LogP) is -0.111. The lowest BCUT2D eigenvalue weighted by Crippen LogP contribution is -2.24. The molecule has 1 saturated heterocycles. The average molecular weight is 196 g/mol. The maximum absolute atomic E-state index is 11.4. The van der Waals surface area contributed by atoms with Gasteiger partial charge in [0.1, 0.15) is 0 Å². The first-order valence-corrected chi connectivity index (χ1v) is 4.68. The van der Waals surface area contributed by atoms with Crippen LogP contribution in [0.25, 0.3) is 0 Å². The van der Waals surface area contributed by atoms with E-state index >= 15 is 0 Å². The van der Waals surface area contributed by atoms with Crippen molar-refractivity contribution in [3.8, 4) is 0 Å². The van der Waals surface area contributed by atoms with E-state index in [4.69, 9.17) is 0 Å². The van der Waals surface area contributed by atoms with E-state index < -0.39 is 0 Å². The molecule has 2 heterocycles. The molecule has 0 aromatic carbocycles. The van der Waals surface area contributed by atoms with Crippen LogP contribution in [0.3, 0.4) is 0 Å². The molecule has 6 heteroatoms. The summed E-state index contributed by atoms with van der Waals surface area (Å²) in [4.78, 5) is 19.3. The number of rotatable bonds is 1. The Labute approximate surface area is 78.9 Å². The highest BCUT2D eigenvalue weighted by Crippen LogP contribution is 2.15. The van der Waals surface area contributed by atoms with Gasteiger partial charge in [-0.25, -0.2) is 4.98 Å². The van der Waals surface area contributed by atoms with Crippen molar-refractivity contribution >= 4 is 23.2 Å². The van der Waals surface area contributed by atoms with Crippen molar-refractivity contribution in [2.45, 2.75) is 6.04 Å². The zero-order chi connectivity index (χ0) is 9.26. The van der Waals surface area contributed by atoms with E-state index in [2.05, 4.69) is 20.6 Å². The molecule has 1 aliphatic heterocycles. The van der Waals surface area contributed by atoms with E-state index in [-0.39, 0.29) is 11.9 Å². The molecule has 1 atom stereocenters. The van der Waals surface area contributed by atoms with Crippen molar-refractivity contribution in [2.75, 3.05) is 7.05 Å². The number of hydrogen-bond acceptors (Lipinski definition) is 4. The van der Waals surface area contributed by atoms with Crippen LogP contribution < -0.4 is 10.6 Å². The molecule has 2 N–H and O–H groups in total. The quantitative estimate of drug-likeness (QED) is 0.658. The summed E-state index contributed by atoms with van der Waals surface area (Å²) in [5.41, 5.74) is 2.44. The summed E-state index contributed by atoms with van der Waals surface area (Å²) in [6.45, 7) is 0. The van der Waals surface area contributed by atoms with E-state index in [1.54, 1.807) is 12.6 Å². The molecule has 1 fully saturated rings. The lowest BCUT2D eigenvalue weighted by Gasteiger charge is -2.01. The van der Waals surface area contributed by atoms with Gasteiger partial charge in [-0.3, -0.25) is 15.1 Å². The molecular formula is C7H8N4OS. The summed E-state index contributed by atoms with van der Waals surface area (Å²) in [5.74, 6) is 0.398. The summed E-state index contributed by atoms with van der Waals surface area (Å²) in [6, 6.07) is -0.384. The lowest BCUT2D eigenvalue weighted by molar-refractivity contribution is -0.120. The number of nitrogens with zero attached hydrogens (tertiary/aromatic N) is 2. The van der Waals surface area contributed by atoms with Crippen molar-refractivity contribution in [1.82, 2.24) is 15.6 Å². The largest absolute Gasteiger partial charge is 0.339 e. The summed E-state index contributed by atoms with van der Waals surface area (Å²) in [7, 11) is 1.62. The van der Waals surface area contributed by atoms with Gasteiger partial charge in [0, 0.05) is 12.4 Å². The molecule has 0 bridgehead atoms. The van der Waals surface area contributed by atoms with Crippen molar-refractivity contribution in [2.24, 2.45) is 4.99 Å². The summed E-state index contributed by atoms with van der Waals surface area (Å²) in [6.07, 6.45) is 0. The third-order valence-electron chi connectivity index (χ3n) is 1.76. The first-order valence-electron chi connectivity index (χ1n) is 3.73. The Kier molecular flexibility index (Phi) is 1.97. The minimum Gasteiger partial charge on any atom is -0.339 e. The Bertz CT molecular complexity index is 345. The van der Waals surface area contributed by atoms with Crippen LogP contribution in [-0.2, 0) is 4.79 Å². The van der Waals surface area contributed by atoms with Gasteiger partial charge in [-0.15, -0.1) is 11.3 Å². The zero-order valence-electron chi connectivity index (χ0n) is 6.94. The van der Waals surface area contributed by atoms with Crippen LogP contribution in [0.4, 0.5) is 0 Å². The number of amides is 1. The Morgan fingerprint density at radius 3 is 3.08 bits per heavy atom. The van der Waals surface area contributed by atoms with Gasteiger partial charge in [0.15, 0.2) is 12.0 Å². The summed E-state index contributed by atoms with van der Waals surface area (Å²) >= 11 is 1.47. The molecule has 1 aliphatic rings. The van der Waals surface area contributed by atoms with Gasteiger partial charge < -0.3 is 5.32 Å². The third kappa shape index (κ3) is 1.40. The van der Waals surface area contributed by atoms with Gasteiger partial charge in [-0.05, 0) is 0 Å². The molecule has 1 unspecified atom stereocenters. The fourth-order valence-electron chi connectivity index (χ4n) is 1.12. The summed E-state index contributed by atoms with van der Waals surface area (Å²) in [5, 5.41) is 7.38. The number of nitrogens with one attached hydrogen (secondary N) is 2. The average Bonchev–Trinajstić information content (AvgIpc) is 2.72. The van der Waals surface area contributed by atoms with Crippen LogP contribution >= 0.6 is 11.3 Å². The number of aliphatic imine (C=N–C) groups is 1. The fourth-order valence-corrected chi connectivity index (χ4v) is 1.70. The smallest absolute Gasteiger partial charge is 0.255 e. The SMILES string of the molecule is CN=C1NC(=O)C(c2cscn2)N1. The highest BCUT2D eigenvalue weighted by molar-refractivity contribution is 7.07. The summed E-state index contributed by atoms with van der Waals surface area (Å²) < 4.78 is 0. The van der Waals surface area contributed by atoms with Gasteiger partial charge in [-0.2, -0.15) is 0 Å². The number of hydrogen-bond donors (Lipinski definition) is 2. The number of guanidine groups is 1. The Balaban J connectivity index is 2.23. The van der Waals surface area contributed by atoms with E-state index in [1.165, 1.54) is 11.3 Å². The van der Waals surface area contributed by atoms with Gasteiger partial charge in [0.25, 0.3) is 5.91 Å². The molecule has 68 valence electrons. The van der Waals surface area contributed by atoms with Crippen LogP contribution in [0.5, 0.6) is 0 Å². The molecule has 1 aromatic heterocycles. The first kappa shape index (κ1) is 8.18. The lowest BCUT2D eigenvalue weighted by atomic mass is 10.2. The van der Waals surface area contributed by atoms with Gasteiger partial charge in [0.05, 0.1) is 11.2 Å². The second kappa shape index (κ2) is 3.14. The minimum absolute atomic E-state index is 0.105. The van der Waals surface area contributed by atoms with E-state index in [1.807, 2.05) is 5.38 Å². The standard InChI is InChI=1S/C7H8N4OS/c1-8-7-10-5(6(12)11-7)4-2-13-3-9-4/h2-3,5H,1H3,(H2,8,10,11,12). The van der Waals surface area contributed by atoms with Crippen LogP contribution in [0.1, 0.15) is 11.7 Å². The predicted molar refractivity (Wildman–Crippen MR) is 49.5 cm³/mol. The number of thiazole rings is 1. The van der Waals surface area contributed by atoms with Gasteiger partial charge in [-0.1, -0.05) is 0 Å². The van der Waals surface area contributed by atoms with Crippen molar-refractivity contribution in [3.05, 3.63) is 16.6 Å². The molecule has 0 radical (unpaired) electrons. The molecule has 0 aliphatic carbocycles. The first-order chi connectivity index (χ1) is 6.31. The monoisotopic (exact) mass is 196 g/mol. The number of carbonyl (C=O) groups is 1. The molecule has 0 spiro atoms. The van der Waals surface area contributed by atoms with Crippen LogP contribution in [0.15, 0.2) is 15.9 Å². The zero-order valence-corrected chi connectivity index (χ0v) is 7.76. The van der Waals surface area contributed by atoms with Gasteiger partial charge >= 0.3 is 0 Å². The third-order valence-corrected chi connectivity index (χ3v) is 2.36. The molecule has 1 aromatic rings. The van der Waals surface area contributed by atoms with Gasteiger partial charge in [0.2, 0.25) is 0 Å². The maximum Gasteiger partial charge on any atom is 0.255 e. The molecule has 5 nitrogen and oxygen atoms in total. The second-order valence-electron chi connectivity index (χ2n) is 2.55. The fraction of sp³-hybridized carbons (Fsp3) is 0.286. The Hall–Kier alpha value is -1.43. The Morgan fingerprint density at radius 2 is 2.54 bits per heavy atom. The van der Waals surface area contributed by atoms with Crippen LogP contribution in [0, 0.1) is 0 Å².